The quantitative estimate of drug-likeness (QED) is 0.261. The van der Waals surface area contributed by atoms with E-state index in [1.807, 2.05) is 49.5 Å². The molecule has 0 aliphatic heterocycles. The molecule has 0 bridgehead atoms. The van der Waals surface area contributed by atoms with Crippen LogP contribution < -0.4 is 4.74 Å². The van der Waals surface area contributed by atoms with Gasteiger partial charge in [0.05, 0.1) is 18.2 Å². The monoisotopic (exact) mass is 463 g/mol. The standard InChI is InChI=1S/C29H27N3O.CH2O/c1-22-17-28(14-15-29(22)26-12-8-24(18-30)9-13-26)33-16-4-2-3-5-23-6-10-25(11-7-23)27-19-31-21-32-20-27;1-2/h6-15,17,19-21H,2-5,16H2,1H3;1H2. The second-order valence-corrected chi connectivity index (χ2v) is 8.15. The molecule has 0 saturated heterocycles. The van der Waals surface area contributed by atoms with Crippen LogP contribution in [0.1, 0.15) is 36.0 Å². The lowest BCUT2D eigenvalue weighted by Crippen LogP contribution is -1.98. The first-order chi connectivity index (χ1) is 17.2. The van der Waals surface area contributed by atoms with E-state index in [0.717, 1.165) is 60.3 Å². The van der Waals surface area contributed by atoms with Gasteiger partial charge >= 0.3 is 0 Å². The molecular formula is C30H29N3O2. The van der Waals surface area contributed by atoms with Crippen molar-refractivity contribution in [1.29, 1.82) is 5.26 Å². The molecule has 0 saturated carbocycles. The Balaban J connectivity index is 0.00000167. The molecule has 0 aliphatic carbocycles. The Hall–Kier alpha value is -4.30. The lowest BCUT2D eigenvalue weighted by Gasteiger charge is -2.11. The number of rotatable bonds is 9. The van der Waals surface area contributed by atoms with Gasteiger partial charge in [0.2, 0.25) is 0 Å². The molecule has 0 aliphatic rings. The third-order valence-electron chi connectivity index (χ3n) is 5.75. The van der Waals surface area contributed by atoms with Crippen LogP contribution >= 0.6 is 0 Å². The fraction of sp³-hybridized carbons (Fsp3) is 0.200. The van der Waals surface area contributed by atoms with Gasteiger partial charge in [0.25, 0.3) is 0 Å². The molecule has 5 nitrogen and oxygen atoms in total. The highest BCUT2D eigenvalue weighted by Gasteiger charge is 2.05. The summed E-state index contributed by atoms with van der Waals surface area (Å²) in [5.41, 5.74) is 7.67. The maximum atomic E-state index is 8.96. The summed E-state index contributed by atoms with van der Waals surface area (Å²) in [6.07, 6.45) is 9.62. The number of aromatic nitrogens is 2. The van der Waals surface area contributed by atoms with Crippen molar-refractivity contribution in [3.05, 3.63) is 102 Å². The van der Waals surface area contributed by atoms with Gasteiger partial charge in [-0.3, -0.25) is 0 Å². The largest absolute Gasteiger partial charge is 0.494 e. The van der Waals surface area contributed by atoms with Gasteiger partial charge in [-0.1, -0.05) is 42.5 Å². The van der Waals surface area contributed by atoms with Crippen molar-refractivity contribution in [1.82, 2.24) is 9.97 Å². The van der Waals surface area contributed by atoms with Crippen LogP contribution in [0.4, 0.5) is 0 Å². The van der Waals surface area contributed by atoms with Gasteiger partial charge in [-0.2, -0.15) is 5.26 Å². The van der Waals surface area contributed by atoms with Crippen molar-refractivity contribution >= 4 is 6.79 Å². The maximum Gasteiger partial charge on any atom is 0.119 e. The molecule has 5 heteroatoms. The van der Waals surface area contributed by atoms with Crippen LogP contribution in [0.2, 0.25) is 0 Å². The van der Waals surface area contributed by atoms with Crippen molar-refractivity contribution in [2.45, 2.75) is 32.6 Å². The summed E-state index contributed by atoms with van der Waals surface area (Å²) in [5, 5.41) is 8.96. The van der Waals surface area contributed by atoms with Crippen molar-refractivity contribution in [3.8, 4) is 34.1 Å². The molecule has 0 spiro atoms. The van der Waals surface area contributed by atoms with E-state index in [0.29, 0.717) is 5.56 Å². The van der Waals surface area contributed by atoms with E-state index < -0.39 is 0 Å². The third-order valence-corrected chi connectivity index (χ3v) is 5.75. The average Bonchev–Trinajstić information content (AvgIpc) is 2.93. The summed E-state index contributed by atoms with van der Waals surface area (Å²) < 4.78 is 5.98. The van der Waals surface area contributed by atoms with Crippen LogP contribution in [0.25, 0.3) is 22.3 Å². The van der Waals surface area contributed by atoms with Gasteiger partial charge in [-0.25, -0.2) is 9.97 Å². The summed E-state index contributed by atoms with van der Waals surface area (Å²) in [5.74, 6) is 0.908. The molecule has 0 fully saturated rings. The zero-order chi connectivity index (χ0) is 24.9. The van der Waals surface area contributed by atoms with Crippen molar-refractivity contribution < 1.29 is 9.53 Å². The minimum Gasteiger partial charge on any atom is -0.494 e. The number of nitrogens with zero attached hydrogens (tertiary/aromatic N) is 3. The highest BCUT2D eigenvalue weighted by Crippen LogP contribution is 2.27. The van der Waals surface area contributed by atoms with E-state index in [9.17, 15) is 0 Å². The van der Waals surface area contributed by atoms with Gasteiger partial charge in [0.1, 0.15) is 18.9 Å². The van der Waals surface area contributed by atoms with Gasteiger partial charge in [-0.15, -0.1) is 0 Å². The Kier molecular flexibility index (Phi) is 9.71. The average molecular weight is 464 g/mol. The minimum absolute atomic E-state index is 0.677. The van der Waals surface area contributed by atoms with E-state index in [-0.39, 0.29) is 0 Å². The highest BCUT2D eigenvalue weighted by atomic mass is 16.5. The fourth-order valence-electron chi connectivity index (χ4n) is 3.88. The van der Waals surface area contributed by atoms with Gasteiger partial charge in [0, 0.05) is 18.0 Å². The number of unbranched alkanes of at least 4 members (excludes halogenated alkanes) is 2. The SMILES string of the molecule is C=O.Cc1cc(OCCCCCc2ccc(-c3cncnc3)cc2)ccc1-c1ccc(C#N)cc1. The van der Waals surface area contributed by atoms with Crippen LogP contribution in [-0.2, 0) is 11.2 Å². The van der Waals surface area contributed by atoms with Crippen LogP contribution in [0.3, 0.4) is 0 Å². The van der Waals surface area contributed by atoms with Gasteiger partial charge in [0.15, 0.2) is 0 Å². The second kappa shape index (κ2) is 13.4. The molecule has 1 heterocycles. The molecule has 4 rings (SSSR count). The van der Waals surface area contributed by atoms with Gasteiger partial charge in [-0.05, 0) is 84.7 Å². The number of aryl methyl sites for hydroxylation is 2. The second-order valence-electron chi connectivity index (χ2n) is 8.15. The Bertz CT molecular complexity index is 1230. The summed E-state index contributed by atoms with van der Waals surface area (Å²) in [4.78, 5) is 16.2. The predicted octanol–water partition coefficient (Wildman–Crippen LogP) is 6.60. The first-order valence-electron chi connectivity index (χ1n) is 11.6. The Morgan fingerprint density at radius 1 is 0.829 bits per heavy atom. The molecule has 176 valence electrons. The minimum atomic E-state index is 0.677. The Morgan fingerprint density at radius 3 is 2.17 bits per heavy atom. The first kappa shape index (κ1) is 25.3. The first-order valence-corrected chi connectivity index (χ1v) is 11.6. The number of hydrogen-bond donors (Lipinski definition) is 0. The van der Waals surface area contributed by atoms with Crippen LogP contribution in [0.5, 0.6) is 5.75 Å². The van der Waals surface area contributed by atoms with E-state index in [2.05, 4.69) is 59.4 Å². The smallest absolute Gasteiger partial charge is 0.119 e. The highest BCUT2D eigenvalue weighted by molar-refractivity contribution is 5.68. The van der Waals surface area contributed by atoms with Crippen molar-refractivity contribution in [3.63, 3.8) is 0 Å². The number of carbonyl (C=O) groups excluding carboxylic acids is 1. The molecule has 3 aromatic carbocycles. The van der Waals surface area contributed by atoms with E-state index in [1.54, 1.807) is 6.33 Å². The normalized spacial score (nSPS) is 10.1. The molecule has 35 heavy (non-hydrogen) atoms. The molecular weight excluding hydrogens is 434 g/mol. The molecule has 4 aromatic rings. The number of benzene rings is 3. The number of hydrogen-bond acceptors (Lipinski definition) is 5. The molecule has 0 radical (unpaired) electrons. The van der Waals surface area contributed by atoms with Crippen molar-refractivity contribution in [2.75, 3.05) is 6.61 Å². The topological polar surface area (TPSA) is 75.9 Å². The summed E-state index contributed by atoms with van der Waals surface area (Å²) >= 11 is 0. The third kappa shape index (κ3) is 7.35. The number of carbonyl (C=O) groups is 1. The van der Waals surface area contributed by atoms with Crippen molar-refractivity contribution in [2.24, 2.45) is 0 Å². The van der Waals surface area contributed by atoms with Crippen LogP contribution in [0.15, 0.2) is 85.5 Å². The number of nitriles is 1. The number of ether oxygens (including phenoxy) is 1. The molecule has 0 amide bonds. The maximum absolute atomic E-state index is 8.96. The summed E-state index contributed by atoms with van der Waals surface area (Å²) in [6.45, 7) is 4.82. The zero-order valence-corrected chi connectivity index (χ0v) is 20.0. The Labute approximate surface area is 207 Å². The summed E-state index contributed by atoms with van der Waals surface area (Å²) in [6, 6.07) is 24.7. The van der Waals surface area contributed by atoms with E-state index in [4.69, 9.17) is 14.8 Å². The van der Waals surface area contributed by atoms with Crippen LogP contribution in [0, 0.1) is 18.3 Å². The molecule has 0 atom stereocenters. The molecule has 1 aromatic heterocycles. The molecule has 0 N–H and O–H groups in total. The lowest BCUT2D eigenvalue weighted by molar-refractivity contribution is -0.0979. The van der Waals surface area contributed by atoms with Crippen LogP contribution in [-0.4, -0.2) is 23.4 Å². The predicted molar refractivity (Wildman–Crippen MR) is 139 cm³/mol. The zero-order valence-electron chi connectivity index (χ0n) is 20.0. The Morgan fingerprint density at radius 2 is 1.51 bits per heavy atom. The lowest BCUT2D eigenvalue weighted by atomic mass is 9.99. The summed E-state index contributed by atoms with van der Waals surface area (Å²) in [7, 11) is 0. The fourth-order valence-corrected chi connectivity index (χ4v) is 3.88. The van der Waals surface area contributed by atoms with Gasteiger partial charge < -0.3 is 9.53 Å². The van der Waals surface area contributed by atoms with E-state index in [1.165, 1.54) is 11.1 Å². The molecule has 0 unspecified atom stereocenters. The van der Waals surface area contributed by atoms with E-state index >= 15 is 0 Å².